The molecule has 0 saturated carbocycles. The van der Waals surface area contributed by atoms with Crippen LogP contribution in [0.15, 0.2) is 18.2 Å². The van der Waals surface area contributed by atoms with Gasteiger partial charge in [-0.15, -0.1) is 0 Å². The molecule has 1 atom stereocenters. The van der Waals surface area contributed by atoms with Gasteiger partial charge in [-0.2, -0.15) is 0 Å². The summed E-state index contributed by atoms with van der Waals surface area (Å²) in [6.07, 6.45) is 0.263. The number of rotatable bonds is 7. The summed E-state index contributed by atoms with van der Waals surface area (Å²) >= 11 is 6.23. The van der Waals surface area contributed by atoms with E-state index >= 15 is 0 Å². The zero-order chi connectivity index (χ0) is 20.0. The Morgan fingerprint density at radius 2 is 1.85 bits per heavy atom. The highest BCUT2D eigenvalue weighted by molar-refractivity contribution is 6.34. The van der Waals surface area contributed by atoms with E-state index in [1.54, 1.807) is 29.0 Å². The predicted molar refractivity (Wildman–Crippen MR) is 107 cm³/mol. The van der Waals surface area contributed by atoms with Crippen LogP contribution in [-0.2, 0) is 4.79 Å². The number of aliphatic hydroxyl groups is 1. The lowest BCUT2D eigenvalue weighted by Crippen LogP contribution is -2.50. The summed E-state index contributed by atoms with van der Waals surface area (Å²) in [5, 5.41) is 13.3. The molecule has 0 aromatic heterocycles. The number of piperazine rings is 1. The van der Waals surface area contributed by atoms with Gasteiger partial charge in [0.1, 0.15) is 0 Å². The van der Waals surface area contributed by atoms with Gasteiger partial charge in [-0.25, -0.2) is 0 Å². The molecule has 150 valence electrons. The molecule has 7 nitrogen and oxygen atoms in total. The van der Waals surface area contributed by atoms with Crippen molar-refractivity contribution in [3.63, 3.8) is 0 Å². The molecule has 0 spiro atoms. The van der Waals surface area contributed by atoms with Crippen LogP contribution >= 0.6 is 11.6 Å². The lowest BCUT2D eigenvalue weighted by Gasteiger charge is -2.35. The van der Waals surface area contributed by atoms with Gasteiger partial charge in [-0.1, -0.05) is 11.6 Å². The van der Waals surface area contributed by atoms with Crippen LogP contribution in [0, 0.1) is 0 Å². The summed E-state index contributed by atoms with van der Waals surface area (Å²) in [4.78, 5) is 30.4. The fourth-order valence-corrected chi connectivity index (χ4v) is 3.40. The van der Waals surface area contributed by atoms with Crippen molar-refractivity contribution in [2.75, 3.05) is 59.2 Å². The van der Waals surface area contributed by atoms with Crippen molar-refractivity contribution in [3.05, 3.63) is 28.8 Å². The molecule has 1 aliphatic rings. The first-order valence-corrected chi connectivity index (χ1v) is 9.56. The maximum atomic E-state index is 12.7. The Hall–Kier alpha value is -1.83. The van der Waals surface area contributed by atoms with Gasteiger partial charge in [0.25, 0.3) is 5.91 Å². The van der Waals surface area contributed by atoms with Crippen LogP contribution in [-0.4, -0.2) is 91.6 Å². The van der Waals surface area contributed by atoms with Crippen LogP contribution in [0.2, 0.25) is 5.02 Å². The van der Waals surface area contributed by atoms with E-state index in [9.17, 15) is 14.7 Å². The second-order valence-corrected chi connectivity index (χ2v) is 7.48. The molecule has 1 aromatic carbocycles. The molecule has 0 unspecified atom stereocenters. The maximum Gasteiger partial charge on any atom is 0.255 e. The summed E-state index contributed by atoms with van der Waals surface area (Å²) in [5.74, 6) is -0.0903. The summed E-state index contributed by atoms with van der Waals surface area (Å²) in [6.45, 7) is 2.51. The standard InChI is InChI=1S/C19H29ClN4O3/c1-21-14-4-6-16(17(20)12-14)19(27)24-10-8-23(9-11-24)18(26)7-5-15(25)13-22(2)3/h4,6,12,15,21,25H,5,7-11,13H2,1-3H3/t15-/m1/s1. The number of carbonyl (C=O) groups excluding carboxylic acids is 2. The van der Waals surface area contributed by atoms with Crippen molar-refractivity contribution in [1.29, 1.82) is 0 Å². The number of carbonyl (C=O) groups is 2. The van der Waals surface area contributed by atoms with E-state index in [1.165, 1.54) is 0 Å². The first-order valence-electron chi connectivity index (χ1n) is 9.19. The molecule has 2 amide bonds. The Morgan fingerprint density at radius 3 is 2.41 bits per heavy atom. The number of aliphatic hydroxyl groups excluding tert-OH is 1. The molecule has 1 fully saturated rings. The number of hydrogen-bond acceptors (Lipinski definition) is 5. The molecule has 1 aromatic rings. The highest BCUT2D eigenvalue weighted by Gasteiger charge is 2.26. The Kier molecular flexibility index (Phi) is 7.89. The summed E-state index contributed by atoms with van der Waals surface area (Å²) in [6, 6.07) is 5.27. The van der Waals surface area contributed by atoms with Gasteiger partial charge in [0.05, 0.1) is 16.7 Å². The zero-order valence-corrected chi connectivity index (χ0v) is 17.0. The van der Waals surface area contributed by atoms with E-state index in [4.69, 9.17) is 11.6 Å². The van der Waals surface area contributed by atoms with Crippen LogP contribution in [0.3, 0.4) is 0 Å². The Morgan fingerprint density at radius 1 is 1.22 bits per heavy atom. The molecule has 0 bridgehead atoms. The SMILES string of the molecule is CNc1ccc(C(=O)N2CCN(C(=O)CC[C@@H](O)CN(C)C)CC2)c(Cl)c1. The molecule has 1 saturated heterocycles. The first kappa shape index (κ1) is 21.5. The van der Waals surface area contributed by atoms with Gasteiger partial charge in [0.15, 0.2) is 0 Å². The van der Waals surface area contributed by atoms with Gasteiger partial charge in [0, 0.05) is 51.9 Å². The highest BCUT2D eigenvalue weighted by Crippen LogP contribution is 2.22. The Labute approximate surface area is 165 Å². The number of hydrogen-bond donors (Lipinski definition) is 2. The minimum Gasteiger partial charge on any atom is -0.392 e. The van der Waals surface area contributed by atoms with E-state index in [2.05, 4.69) is 5.32 Å². The average molecular weight is 397 g/mol. The quantitative estimate of drug-likeness (QED) is 0.728. The maximum absolute atomic E-state index is 12.7. The lowest BCUT2D eigenvalue weighted by atomic mass is 10.1. The van der Waals surface area contributed by atoms with E-state index in [-0.39, 0.29) is 11.8 Å². The minimum absolute atomic E-state index is 0.0244. The minimum atomic E-state index is -0.505. The normalized spacial score (nSPS) is 15.8. The summed E-state index contributed by atoms with van der Waals surface area (Å²) < 4.78 is 0. The lowest BCUT2D eigenvalue weighted by molar-refractivity contribution is -0.133. The molecule has 2 rings (SSSR count). The van der Waals surface area contributed by atoms with E-state index in [1.807, 2.05) is 25.1 Å². The second kappa shape index (κ2) is 9.92. The van der Waals surface area contributed by atoms with Crippen LogP contribution in [0.5, 0.6) is 0 Å². The fraction of sp³-hybridized carbons (Fsp3) is 0.579. The molecule has 8 heteroatoms. The third kappa shape index (κ3) is 6.09. The highest BCUT2D eigenvalue weighted by atomic mass is 35.5. The third-order valence-corrected chi connectivity index (χ3v) is 4.99. The Balaban J connectivity index is 1.84. The molecular weight excluding hydrogens is 368 g/mol. The summed E-state index contributed by atoms with van der Waals surface area (Å²) in [5.41, 5.74) is 1.32. The van der Waals surface area contributed by atoms with Gasteiger partial charge in [0.2, 0.25) is 5.91 Å². The molecule has 0 radical (unpaired) electrons. The van der Waals surface area contributed by atoms with E-state index < -0.39 is 6.10 Å². The smallest absolute Gasteiger partial charge is 0.255 e. The fourth-order valence-electron chi connectivity index (χ4n) is 3.13. The van der Waals surface area contributed by atoms with Crippen molar-refractivity contribution in [1.82, 2.24) is 14.7 Å². The third-order valence-electron chi connectivity index (χ3n) is 4.68. The van der Waals surface area contributed by atoms with E-state index in [0.29, 0.717) is 56.2 Å². The molecule has 27 heavy (non-hydrogen) atoms. The van der Waals surface area contributed by atoms with Crippen molar-refractivity contribution in [3.8, 4) is 0 Å². The zero-order valence-electron chi connectivity index (χ0n) is 16.2. The topological polar surface area (TPSA) is 76.1 Å². The molecule has 1 aliphatic heterocycles. The Bertz CT molecular complexity index is 660. The van der Waals surface area contributed by atoms with Gasteiger partial charge in [-0.05, 0) is 38.7 Å². The van der Waals surface area contributed by atoms with Crippen LogP contribution in [0.25, 0.3) is 0 Å². The number of halogens is 1. The van der Waals surface area contributed by atoms with Gasteiger partial charge in [-0.3, -0.25) is 9.59 Å². The van der Waals surface area contributed by atoms with Gasteiger partial charge < -0.3 is 25.1 Å². The van der Waals surface area contributed by atoms with Gasteiger partial charge >= 0.3 is 0 Å². The summed E-state index contributed by atoms with van der Waals surface area (Å²) in [7, 11) is 5.57. The largest absolute Gasteiger partial charge is 0.392 e. The number of nitrogens with zero attached hydrogens (tertiary/aromatic N) is 3. The van der Waals surface area contributed by atoms with Crippen LogP contribution in [0.1, 0.15) is 23.2 Å². The van der Waals surface area contributed by atoms with Crippen molar-refractivity contribution in [2.45, 2.75) is 18.9 Å². The monoisotopic (exact) mass is 396 g/mol. The average Bonchev–Trinajstić information content (AvgIpc) is 2.65. The predicted octanol–water partition coefficient (Wildman–Crippen LogP) is 1.37. The molecule has 0 aliphatic carbocycles. The van der Waals surface area contributed by atoms with Crippen LogP contribution in [0.4, 0.5) is 5.69 Å². The number of benzene rings is 1. The van der Waals surface area contributed by atoms with Crippen molar-refractivity contribution in [2.24, 2.45) is 0 Å². The second-order valence-electron chi connectivity index (χ2n) is 7.07. The molecule has 1 heterocycles. The van der Waals surface area contributed by atoms with Crippen molar-refractivity contribution < 1.29 is 14.7 Å². The number of amides is 2. The molecule has 2 N–H and O–H groups in total. The molecular formula is C19H29ClN4O3. The number of nitrogens with one attached hydrogen (secondary N) is 1. The van der Waals surface area contributed by atoms with Crippen LogP contribution < -0.4 is 5.32 Å². The first-order chi connectivity index (χ1) is 12.8. The van der Waals surface area contributed by atoms with E-state index in [0.717, 1.165) is 5.69 Å². The number of anilines is 1. The number of likely N-dealkylation sites (N-methyl/N-ethyl adjacent to an activating group) is 1. The van der Waals surface area contributed by atoms with Crippen molar-refractivity contribution >= 4 is 29.1 Å².